The number of nitrogens with two attached hydrogens (primary N) is 1. The van der Waals surface area contributed by atoms with E-state index in [4.69, 9.17) is 15.8 Å². The van der Waals surface area contributed by atoms with Gasteiger partial charge in [-0.1, -0.05) is 44.0 Å². The van der Waals surface area contributed by atoms with Gasteiger partial charge >= 0.3 is 6.18 Å². The minimum Gasteiger partial charge on any atom is -0.388 e. The summed E-state index contributed by atoms with van der Waals surface area (Å²) in [4.78, 5) is 44.8. The van der Waals surface area contributed by atoms with E-state index in [0.717, 1.165) is 24.0 Å². The van der Waals surface area contributed by atoms with Crippen molar-refractivity contribution in [1.82, 2.24) is 9.88 Å². The molecule has 2 unspecified atom stereocenters. The fourth-order valence-corrected chi connectivity index (χ4v) is 3.10. The van der Waals surface area contributed by atoms with E-state index in [1.54, 1.807) is 0 Å². The molecule has 10 nitrogen and oxygen atoms in total. The summed E-state index contributed by atoms with van der Waals surface area (Å²) in [6.45, 7) is 5.70. The highest BCUT2D eigenvalue weighted by molar-refractivity contribution is 5.87. The van der Waals surface area contributed by atoms with Gasteiger partial charge in [-0.3, -0.25) is 9.59 Å². The summed E-state index contributed by atoms with van der Waals surface area (Å²) in [7, 11) is 1.91. The number of hydrogen-bond acceptors (Lipinski definition) is 8. The largest absolute Gasteiger partial charge is 0.433 e. The maximum Gasteiger partial charge on any atom is 0.433 e. The van der Waals surface area contributed by atoms with Crippen molar-refractivity contribution in [1.29, 1.82) is 5.26 Å². The Balaban J connectivity index is 0.000000544. The maximum atomic E-state index is 12.1. The third-order valence-corrected chi connectivity index (χ3v) is 5.44. The molecule has 13 heteroatoms. The molecule has 2 atom stereocenters. The predicted octanol–water partition coefficient (Wildman–Crippen LogP) is 3.90. The first-order chi connectivity index (χ1) is 19.4. The summed E-state index contributed by atoms with van der Waals surface area (Å²) in [5.74, 6) is 0.0419. The van der Waals surface area contributed by atoms with Crippen LogP contribution in [0.4, 0.5) is 24.7 Å². The number of halogens is 3. The molecule has 1 aliphatic carbocycles. The zero-order chi connectivity index (χ0) is 31.4. The van der Waals surface area contributed by atoms with E-state index in [2.05, 4.69) is 22.5 Å². The third kappa shape index (κ3) is 15.8. The van der Waals surface area contributed by atoms with Crippen LogP contribution in [0.5, 0.6) is 0 Å². The number of carbonyl (C=O) groups is 4. The highest BCUT2D eigenvalue weighted by Gasteiger charge is 2.34. The van der Waals surface area contributed by atoms with E-state index in [1.807, 2.05) is 50.2 Å². The normalized spacial score (nSPS) is 16.7. The van der Waals surface area contributed by atoms with Crippen molar-refractivity contribution in [2.45, 2.75) is 45.3 Å². The number of pyridine rings is 1. The molecule has 1 saturated carbocycles. The van der Waals surface area contributed by atoms with E-state index >= 15 is 0 Å². The lowest BCUT2D eigenvalue weighted by atomic mass is 10.1. The van der Waals surface area contributed by atoms with E-state index in [1.165, 1.54) is 36.8 Å². The van der Waals surface area contributed by atoms with E-state index in [0.29, 0.717) is 13.0 Å². The Morgan fingerprint density at radius 2 is 1.76 bits per heavy atom. The van der Waals surface area contributed by atoms with Gasteiger partial charge in [-0.2, -0.15) is 18.4 Å². The van der Waals surface area contributed by atoms with Gasteiger partial charge in [0, 0.05) is 32.1 Å². The highest BCUT2D eigenvalue weighted by atomic mass is 19.4. The lowest BCUT2D eigenvalue weighted by molar-refractivity contribution is -0.141. The monoisotopic (exact) mass is 578 g/mol. The van der Waals surface area contributed by atoms with Crippen molar-refractivity contribution >= 4 is 36.4 Å². The lowest BCUT2D eigenvalue weighted by Gasteiger charge is -2.17. The van der Waals surface area contributed by atoms with Gasteiger partial charge in [-0.25, -0.2) is 4.98 Å². The van der Waals surface area contributed by atoms with Crippen LogP contribution in [0.25, 0.3) is 0 Å². The molecule has 224 valence electrons. The van der Waals surface area contributed by atoms with Crippen molar-refractivity contribution < 1.29 is 32.3 Å². The van der Waals surface area contributed by atoms with Gasteiger partial charge in [0.1, 0.15) is 30.6 Å². The topological polar surface area (TPSA) is 158 Å². The molecule has 0 bridgehead atoms. The van der Waals surface area contributed by atoms with Crippen LogP contribution in [0, 0.1) is 23.2 Å². The number of para-hydroxylation sites is 1. The average Bonchev–Trinajstić information content (AvgIpc) is 3.64. The van der Waals surface area contributed by atoms with Crippen molar-refractivity contribution in [3.63, 3.8) is 0 Å². The summed E-state index contributed by atoms with van der Waals surface area (Å²) in [6.07, 6.45) is -0.297. The minimum absolute atomic E-state index is 0.104. The molecule has 1 aliphatic heterocycles. The molecule has 0 radical (unpaired) electrons. The Labute approximate surface area is 238 Å². The molecule has 4 N–H and O–H groups in total. The zero-order valence-corrected chi connectivity index (χ0v) is 23.4. The molecule has 2 aromatic rings. The Kier molecular flexibility index (Phi) is 17.6. The van der Waals surface area contributed by atoms with Crippen LogP contribution in [-0.4, -0.2) is 61.0 Å². The molecule has 0 spiro atoms. The van der Waals surface area contributed by atoms with Gasteiger partial charge in [0.2, 0.25) is 11.8 Å². The Bertz CT molecular complexity index is 1110. The number of benzene rings is 1. The molecule has 2 aliphatic rings. The molecule has 1 aromatic carbocycles. The van der Waals surface area contributed by atoms with E-state index < -0.39 is 23.8 Å². The lowest BCUT2D eigenvalue weighted by Crippen LogP contribution is -2.39. The summed E-state index contributed by atoms with van der Waals surface area (Å²) in [6, 6.07) is 14.9. The number of nitriles is 1. The number of nitrogens with zero attached hydrogens (tertiary/aromatic N) is 3. The average molecular weight is 579 g/mol. The smallest absolute Gasteiger partial charge is 0.388 e. The number of amides is 2. The van der Waals surface area contributed by atoms with Gasteiger partial charge in [0.25, 0.3) is 0 Å². The SMILES string of the molecule is C=O.CC(=O)Nc1cccc(C(F)(F)F)n1.CC1CC1.CNc1ccccc1.N#CC1CC(C=O)CN1C(=O)CN. The van der Waals surface area contributed by atoms with Crippen LogP contribution in [0.15, 0.2) is 48.5 Å². The fraction of sp³-hybridized carbons (Fsp3) is 0.429. The zero-order valence-electron chi connectivity index (χ0n) is 23.4. The maximum absolute atomic E-state index is 12.1. The Morgan fingerprint density at radius 3 is 2.15 bits per heavy atom. The number of alkyl halides is 3. The summed E-state index contributed by atoms with van der Waals surface area (Å²) in [5.41, 5.74) is 5.30. The number of anilines is 2. The van der Waals surface area contributed by atoms with Gasteiger partial charge in [-0.05, 0) is 36.6 Å². The molecule has 1 saturated heterocycles. The van der Waals surface area contributed by atoms with Crippen molar-refractivity contribution in [3.8, 4) is 6.07 Å². The van der Waals surface area contributed by atoms with Crippen LogP contribution in [-0.2, 0) is 25.4 Å². The summed E-state index contributed by atoms with van der Waals surface area (Å²) < 4.78 is 36.4. The number of nitrogens with one attached hydrogen (secondary N) is 2. The minimum atomic E-state index is -4.49. The van der Waals surface area contributed by atoms with Crippen LogP contribution in [0.1, 0.15) is 38.8 Å². The van der Waals surface area contributed by atoms with Crippen molar-refractivity contribution in [2.24, 2.45) is 17.6 Å². The number of aromatic nitrogens is 1. The molecular weight excluding hydrogens is 541 g/mol. The third-order valence-electron chi connectivity index (χ3n) is 5.44. The Morgan fingerprint density at radius 1 is 1.17 bits per heavy atom. The number of carbonyl (C=O) groups excluding carboxylic acids is 4. The van der Waals surface area contributed by atoms with Crippen molar-refractivity contribution in [3.05, 3.63) is 54.2 Å². The number of likely N-dealkylation sites (tertiary alicyclic amines) is 1. The molecule has 4 rings (SSSR count). The molecule has 2 fully saturated rings. The standard InChI is InChI=1S/C8H7F3N2O.C8H11N3O2.C7H9N.C4H8.CH2O/c1-5(14)12-7-4-2-3-6(13-7)8(9,10)11;9-2-7-1-6(5-12)4-11(7)8(13)3-10;1-8-7-5-3-2-4-6-7;1-4-2-3-4;1-2/h2-4H,1H3,(H,12,13,14);5-7H,1,3-4,10H2;2-6,8H,1H3;4H,2-3H2,1H3;1H2. The molecule has 2 heterocycles. The summed E-state index contributed by atoms with van der Waals surface area (Å²) >= 11 is 0. The first kappa shape index (κ1) is 36.7. The van der Waals surface area contributed by atoms with Gasteiger partial charge in [0.05, 0.1) is 12.6 Å². The van der Waals surface area contributed by atoms with Crippen LogP contribution < -0.4 is 16.4 Å². The second-order valence-corrected chi connectivity index (χ2v) is 8.91. The quantitative estimate of drug-likeness (QED) is 0.461. The van der Waals surface area contributed by atoms with Crippen LogP contribution in [0.3, 0.4) is 0 Å². The molecular formula is C28H37F3N6O4. The predicted molar refractivity (Wildman–Crippen MR) is 149 cm³/mol. The number of hydrogen-bond donors (Lipinski definition) is 3. The molecule has 2 amide bonds. The molecule has 1 aromatic heterocycles. The van der Waals surface area contributed by atoms with Crippen molar-refractivity contribution in [2.75, 3.05) is 30.8 Å². The second-order valence-electron chi connectivity index (χ2n) is 8.91. The Hall–Kier alpha value is -4.31. The van der Waals surface area contributed by atoms with Crippen LogP contribution >= 0.6 is 0 Å². The van der Waals surface area contributed by atoms with Gasteiger partial charge in [-0.15, -0.1) is 0 Å². The van der Waals surface area contributed by atoms with Gasteiger partial charge in [0.15, 0.2) is 0 Å². The van der Waals surface area contributed by atoms with Crippen LogP contribution in [0.2, 0.25) is 0 Å². The fourth-order valence-electron chi connectivity index (χ4n) is 3.10. The highest BCUT2D eigenvalue weighted by Crippen LogP contribution is 2.28. The number of aldehydes is 1. The first-order valence-electron chi connectivity index (χ1n) is 12.6. The van der Waals surface area contributed by atoms with E-state index in [-0.39, 0.29) is 24.2 Å². The van der Waals surface area contributed by atoms with Gasteiger partial charge < -0.3 is 30.9 Å². The summed E-state index contributed by atoms with van der Waals surface area (Å²) in [5, 5.41) is 13.9. The first-order valence-corrected chi connectivity index (χ1v) is 12.6. The van der Waals surface area contributed by atoms with E-state index in [9.17, 15) is 27.6 Å². The number of rotatable bonds is 4. The second kappa shape index (κ2) is 19.7. The molecule has 41 heavy (non-hydrogen) atoms.